The van der Waals surface area contributed by atoms with Gasteiger partial charge in [0.2, 0.25) is 11.8 Å². The number of carbonyl (C=O) groups is 1. The molecule has 1 fully saturated rings. The zero-order valence-corrected chi connectivity index (χ0v) is 15.8. The van der Waals surface area contributed by atoms with Gasteiger partial charge in [-0.3, -0.25) is 9.78 Å². The molecule has 3 aromatic rings. The number of benzene rings is 1. The maximum atomic E-state index is 13.4. The van der Waals surface area contributed by atoms with Crippen molar-refractivity contribution in [3.05, 3.63) is 83.6 Å². The third kappa shape index (κ3) is 3.67. The average molecular weight is 379 g/mol. The van der Waals surface area contributed by atoms with E-state index in [1.165, 1.54) is 12.1 Å². The van der Waals surface area contributed by atoms with E-state index in [-0.39, 0.29) is 11.7 Å². The van der Waals surface area contributed by atoms with Crippen molar-refractivity contribution in [2.24, 2.45) is 0 Å². The fourth-order valence-electron chi connectivity index (χ4n) is 3.84. The minimum Gasteiger partial charge on any atom is -0.443 e. The number of aromatic nitrogens is 2. The smallest absolute Gasteiger partial charge is 0.227 e. The molecule has 28 heavy (non-hydrogen) atoms. The average Bonchev–Trinajstić information content (AvgIpc) is 3.30. The van der Waals surface area contributed by atoms with Gasteiger partial charge in [-0.25, -0.2) is 9.37 Å². The predicted molar refractivity (Wildman–Crippen MR) is 102 cm³/mol. The summed E-state index contributed by atoms with van der Waals surface area (Å²) in [4.78, 5) is 23.3. The van der Waals surface area contributed by atoms with E-state index in [0.717, 1.165) is 24.0 Å². The number of amides is 1. The van der Waals surface area contributed by atoms with Crippen LogP contribution >= 0.6 is 0 Å². The van der Waals surface area contributed by atoms with Crippen LogP contribution in [0.5, 0.6) is 0 Å². The van der Waals surface area contributed by atoms with Crippen LogP contribution in [0.1, 0.15) is 42.5 Å². The normalized spacial score (nSPS) is 19.1. The second-order valence-electron chi connectivity index (χ2n) is 7.40. The Bertz CT molecular complexity index is 973. The van der Waals surface area contributed by atoms with Crippen LogP contribution in [0.3, 0.4) is 0 Å². The molecule has 0 bridgehead atoms. The minimum atomic E-state index is -0.570. The van der Waals surface area contributed by atoms with Gasteiger partial charge in [0.05, 0.1) is 12.6 Å². The SMILES string of the molecule is CC1(c2ncc(Cc3cccc(F)c3)o2)CCCN1C(=O)Cc1cccnc1. The van der Waals surface area contributed by atoms with E-state index >= 15 is 0 Å². The molecule has 1 amide bonds. The van der Waals surface area contributed by atoms with E-state index in [2.05, 4.69) is 9.97 Å². The Labute approximate surface area is 163 Å². The molecule has 0 radical (unpaired) electrons. The second kappa shape index (κ2) is 7.54. The van der Waals surface area contributed by atoms with Gasteiger partial charge in [0.15, 0.2) is 0 Å². The molecule has 1 aromatic carbocycles. The summed E-state index contributed by atoms with van der Waals surface area (Å²) >= 11 is 0. The van der Waals surface area contributed by atoms with Crippen molar-refractivity contribution >= 4 is 5.91 Å². The number of carbonyl (C=O) groups excluding carboxylic acids is 1. The Morgan fingerprint density at radius 1 is 1.25 bits per heavy atom. The molecule has 2 aromatic heterocycles. The van der Waals surface area contributed by atoms with Crippen LogP contribution in [-0.2, 0) is 23.2 Å². The number of likely N-dealkylation sites (tertiary alicyclic amines) is 1. The highest BCUT2D eigenvalue weighted by molar-refractivity contribution is 5.79. The molecule has 1 aliphatic rings. The van der Waals surface area contributed by atoms with Gasteiger partial charge in [0.25, 0.3) is 0 Å². The van der Waals surface area contributed by atoms with Gasteiger partial charge in [-0.2, -0.15) is 0 Å². The van der Waals surface area contributed by atoms with Crippen molar-refractivity contribution in [2.45, 2.75) is 38.1 Å². The highest BCUT2D eigenvalue weighted by atomic mass is 19.1. The molecule has 144 valence electrons. The van der Waals surface area contributed by atoms with Crippen LogP contribution in [0.2, 0.25) is 0 Å². The molecule has 1 saturated heterocycles. The summed E-state index contributed by atoms with van der Waals surface area (Å²) in [5.74, 6) is 0.967. The van der Waals surface area contributed by atoms with Gasteiger partial charge in [0, 0.05) is 25.4 Å². The molecule has 0 spiro atoms. The topological polar surface area (TPSA) is 59.2 Å². The van der Waals surface area contributed by atoms with Gasteiger partial charge in [-0.1, -0.05) is 18.2 Å². The van der Waals surface area contributed by atoms with Gasteiger partial charge in [-0.15, -0.1) is 0 Å². The van der Waals surface area contributed by atoms with Crippen molar-refractivity contribution in [3.63, 3.8) is 0 Å². The second-order valence-corrected chi connectivity index (χ2v) is 7.40. The fraction of sp³-hybridized carbons (Fsp3) is 0.318. The first-order valence-electron chi connectivity index (χ1n) is 9.43. The third-order valence-corrected chi connectivity index (χ3v) is 5.30. The first-order valence-corrected chi connectivity index (χ1v) is 9.43. The number of halogens is 1. The number of nitrogens with zero attached hydrogens (tertiary/aromatic N) is 3. The Hall–Kier alpha value is -3.02. The number of oxazole rings is 1. The van der Waals surface area contributed by atoms with E-state index in [1.807, 2.05) is 30.0 Å². The maximum Gasteiger partial charge on any atom is 0.227 e. The Balaban J connectivity index is 1.52. The highest BCUT2D eigenvalue weighted by Crippen LogP contribution is 2.38. The van der Waals surface area contributed by atoms with Crippen LogP contribution in [0.15, 0.2) is 59.4 Å². The summed E-state index contributed by atoms with van der Waals surface area (Å²) in [5, 5.41) is 0. The first-order chi connectivity index (χ1) is 13.5. The van der Waals surface area contributed by atoms with E-state index in [1.54, 1.807) is 24.7 Å². The molecule has 1 unspecified atom stereocenters. The highest BCUT2D eigenvalue weighted by Gasteiger charge is 2.44. The fourth-order valence-corrected chi connectivity index (χ4v) is 3.84. The number of pyridine rings is 1. The van der Waals surface area contributed by atoms with Gasteiger partial charge in [-0.05, 0) is 49.1 Å². The lowest BCUT2D eigenvalue weighted by Crippen LogP contribution is -2.43. The molecule has 4 rings (SSSR count). The summed E-state index contributed by atoms with van der Waals surface area (Å²) in [6.45, 7) is 2.68. The van der Waals surface area contributed by atoms with Crippen molar-refractivity contribution in [1.82, 2.24) is 14.9 Å². The summed E-state index contributed by atoms with van der Waals surface area (Å²) in [5.41, 5.74) is 1.14. The molecule has 1 atom stereocenters. The maximum absolute atomic E-state index is 13.4. The molecular formula is C22H22FN3O2. The van der Waals surface area contributed by atoms with E-state index in [0.29, 0.717) is 31.0 Å². The number of hydrogen-bond acceptors (Lipinski definition) is 4. The van der Waals surface area contributed by atoms with Crippen LogP contribution in [0, 0.1) is 5.82 Å². The lowest BCUT2D eigenvalue weighted by molar-refractivity contribution is -0.135. The van der Waals surface area contributed by atoms with Crippen LogP contribution in [0.25, 0.3) is 0 Å². The van der Waals surface area contributed by atoms with Gasteiger partial charge >= 0.3 is 0 Å². The summed E-state index contributed by atoms with van der Waals surface area (Å²) in [6.07, 6.45) is 7.55. The summed E-state index contributed by atoms with van der Waals surface area (Å²) < 4.78 is 19.4. The molecular weight excluding hydrogens is 357 g/mol. The quantitative estimate of drug-likeness (QED) is 0.675. The Kier molecular flexibility index (Phi) is 4.94. The standard InChI is InChI=1S/C22H22FN3O2/c1-22(8-4-10-26(22)20(27)13-17-6-3-9-24-14-17)21-25-15-19(28-21)12-16-5-2-7-18(23)11-16/h2-3,5-7,9,11,14-15H,4,8,10,12-13H2,1H3. The molecule has 1 aliphatic heterocycles. The number of rotatable bonds is 5. The van der Waals surface area contributed by atoms with E-state index in [9.17, 15) is 9.18 Å². The summed E-state index contributed by atoms with van der Waals surface area (Å²) in [6, 6.07) is 10.2. The third-order valence-electron chi connectivity index (χ3n) is 5.30. The summed E-state index contributed by atoms with van der Waals surface area (Å²) in [7, 11) is 0. The van der Waals surface area contributed by atoms with Crippen LogP contribution in [-0.4, -0.2) is 27.3 Å². The van der Waals surface area contributed by atoms with Crippen molar-refractivity contribution in [1.29, 1.82) is 0 Å². The molecule has 3 heterocycles. The molecule has 5 nitrogen and oxygen atoms in total. The van der Waals surface area contributed by atoms with Crippen LogP contribution in [0.4, 0.5) is 4.39 Å². The van der Waals surface area contributed by atoms with Gasteiger partial charge < -0.3 is 9.32 Å². The monoisotopic (exact) mass is 379 g/mol. The van der Waals surface area contributed by atoms with Crippen molar-refractivity contribution < 1.29 is 13.6 Å². The molecule has 0 N–H and O–H groups in total. The Morgan fingerprint density at radius 2 is 2.11 bits per heavy atom. The van der Waals surface area contributed by atoms with Gasteiger partial charge in [0.1, 0.15) is 17.1 Å². The lowest BCUT2D eigenvalue weighted by Gasteiger charge is -2.32. The zero-order valence-electron chi connectivity index (χ0n) is 15.8. The molecule has 0 aliphatic carbocycles. The van der Waals surface area contributed by atoms with E-state index < -0.39 is 5.54 Å². The largest absolute Gasteiger partial charge is 0.443 e. The predicted octanol–water partition coefficient (Wildman–Crippen LogP) is 3.88. The van der Waals surface area contributed by atoms with Crippen molar-refractivity contribution in [3.8, 4) is 0 Å². The van der Waals surface area contributed by atoms with Crippen molar-refractivity contribution in [2.75, 3.05) is 6.54 Å². The van der Waals surface area contributed by atoms with E-state index in [4.69, 9.17) is 4.42 Å². The van der Waals surface area contributed by atoms with Crippen LogP contribution < -0.4 is 0 Å². The first kappa shape index (κ1) is 18.3. The molecule has 6 heteroatoms. The lowest BCUT2D eigenvalue weighted by atomic mass is 9.98. The molecule has 0 saturated carbocycles. The Morgan fingerprint density at radius 3 is 2.89 bits per heavy atom. The minimum absolute atomic E-state index is 0.0397. The zero-order chi connectivity index (χ0) is 19.6. The number of hydrogen-bond donors (Lipinski definition) is 0.